The van der Waals surface area contributed by atoms with Crippen molar-refractivity contribution in [3.05, 3.63) is 90.1 Å². The van der Waals surface area contributed by atoms with E-state index in [1.807, 2.05) is 73.7 Å². The van der Waals surface area contributed by atoms with Crippen LogP contribution < -0.4 is 5.43 Å². The first-order valence-electron chi connectivity index (χ1n) is 8.68. The average molecular weight is 371 g/mol. The van der Waals surface area contributed by atoms with Crippen LogP contribution in [0.5, 0.6) is 0 Å². The topological polar surface area (TPSA) is 85.3 Å². The van der Waals surface area contributed by atoms with Gasteiger partial charge in [-0.3, -0.25) is 4.79 Å². The van der Waals surface area contributed by atoms with Gasteiger partial charge in [-0.05, 0) is 31.2 Å². The lowest BCUT2D eigenvalue weighted by atomic mass is 10.2. The summed E-state index contributed by atoms with van der Waals surface area (Å²) >= 11 is 0. The molecule has 0 fully saturated rings. The highest BCUT2D eigenvalue weighted by molar-refractivity contribution is 5.91. The molecule has 0 aliphatic carbocycles. The Balaban J connectivity index is 1.63. The van der Waals surface area contributed by atoms with E-state index in [1.165, 1.54) is 6.21 Å². The zero-order valence-corrected chi connectivity index (χ0v) is 15.1. The Morgan fingerprint density at radius 3 is 2.43 bits per heavy atom. The fourth-order valence-corrected chi connectivity index (χ4v) is 2.66. The van der Waals surface area contributed by atoms with Gasteiger partial charge in [-0.2, -0.15) is 5.10 Å². The summed E-state index contributed by atoms with van der Waals surface area (Å²) in [6.07, 6.45) is 1.43. The second kappa shape index (κ2) is 7.71. The van der Waals surface area contributed by atoms with Gasteiger partial charge in [0, 0.05) is 5.56 Å². The smallest absolute Gasteiger partial charge is 0.311 e. The molecule has 4 aromatic rings. The monoisotopic (exact) mass is 371 g/mol. The third kappa shape index (κ3) is 3.73. The second-order valence-corrected chi connectivity index (χ2v) is 6.02. The van der Waals surface area contributed by atoms with Crippen LogP contribution >= 0.6 is 0 Å². The molecule has 1 amide bonds. The van der Waals surface area contributed by atoms with Gasteiger partial charge in [-0.25, -0.2) is 15.1 Å². The van der Waals surface area contributed by atoms with Gasteiger partial charge >= 0.3 is 5.91 Å². The number of hydrogen-bond donors (Lipinski definition) is 1. The highest BCUT2D eigenvalue weighted by atomic mass is 16.3. The van der Waals surface area contributed by atoms with Crippen LogP contribution in [0.3, 0.4) is 0 Å². The standard InChI is InChI=1S/C21H17N5O2/c1-15-12-13-18(28-15)14-22-24-21(27)19-23-20(16-8-4-2-5-9-16)26(25-19)17-10-6-3-7-11-17/h2-14H,1H3,(H,24,27)/b22-14-. The molecule has 0 spiro atoms. The van der Waals surface area contributed by atoms with E-state index in [2.05, 4.69) is 20.6 Å². The maximum atomic E-state index is 12.5. The van der Waals surface area contributed by atoms with Crippen molar-refractivity contribution >= 4 is 12.1 Å². The Morgan fingerprint density at radius 2 is 1.75 bits per heavy atom. The molecule has 4 rings (SSSR count). The number of amides is 1. The molecule has 28 heavy (non-hydrogen) atoms. The van der Waals surface area contributed by atoms with Gasteiger partial charge in [0.2, 0.25) is 5.82 Å². The van der Waals surface area contributed by atoms with E-state index in [9.17, 15) is 4.79 Å². The number of hydrogen-bond acceptors (Lipinski definition) is 5. The number of para-hydroxylation sites is 1. The molecule has 7 nitrogen and oxygen atoms in total. The van der Waals surface area contributed by atoms with Crippen LogP contribution in [0.2, 0.25) is 0 Å². The van der Waals surface area contributed by atoms with Crippen LogP contribution in [0.15, 0.2) is 82.3 Å². The van der Waals surface area contributed by atoms with E-state index in [4.69, 9.17) is 4.42 Å². The lowest BCUT2D eigenvalue weighted by Gasteiger charge is -2.05. The predicted molar refractivity (Wildman–Crippen MR) is 105 cm³/mol. The Bertz CT molecular complexity index is 1060. The van der Waals surface area contributed by atoms with Crippen molar-refractivity contribution in [3.63, 3.8) is 0 Å². The number of furan rings is 1. The van der Waals surface area contributed by atoms with Crippen LogP contribution in [0.1, 0.15) is 22.1 Å². The summed E-state index contributed by atoms with van der Waals surface area (Å²) in [5.41, 5.74) is 4.09. The summed E-state index contributed by atoms with van der Waals surface area (Å²) in [7, 11) is 0. The van der Waals surface area contributed by atoms with E-state index in [-0.39, 0.29) is 5.82 Å². The molecule has 138 valence electrons. The fourth-order valence-electron chi connectivity index (χ4n) is 2.66. The summed E-state index contributed by atoms with van der Waals surface area (Å²) in [5.74, 6) is 1.40. The summed E-state index contributed by atoms with van der Waals surface area (Å²) in [6, 6.07) is 22.7. The van der Waals surface area contributed by atoms with Crippen molar-refractivity contribution in [2.24, 2.45) is 5.10 Å². The maximum absolute atomic E-state index is 12.5. The third-order valence-corrected chi connectivity index (χ3v) is 3.96. The predicted octanol–water partition coefficient (Wildman–Crippen LogP) is 3.60. The number of hydrazone groups is 1. The Morgan fingerprint density at radius 1 is 1.04 bits per heavy atom. The zero-order valence-electron chi connectivity index (χ0n) is 15.1. The van der Waals surface area contributed by atoms with Crippen LogP contribution in [-0.2, 0) is 0 Å². The lowest BCUT2D eigenvalue weighted by molar-refractivity contribution is 0.0945. The Labute approximate surface area is 161 Å². The summed E-state index contributed by atoms with van der Waals surface area (Å²) in [5, 5.41) is 8.29. The molecule has 2 heterocycles. The van der Waals surface area contributed by atoms with Gasteiger partial charge in [-0.1, -0.05) is 48.5 Å². The minimum Gasteiger partial charge on any atom is -0.460 e. The number of carbonyl (C=O) groups is 1. The molecule has 0 saturated carbocycles. The number of carbonyl (C=O) groups excluding carboxylic acids is 1. The molecule has 0 aliphatic heterocycles. The third-order valence-electron chi connectivity index (χ3n) is 3.96. The molecule has 1 N–H and O–H groups in total. The minimum absolute atomic E-state index is 0.0236. The Hall–Kier alpha value is -4.00. The van der Waals surface area contributed by atoms with Gasteiger partial charge < -0.3 is 4.42 Å². The van der Waals surface area contributed by atoms with Gasteiger partial charge in [0.1, 0.15) is 11.5 Å². The molecular formula is C21H17N5O2. The van der Waals surface area contributed by atoms with Crippen molar-refractivity contribution < 1.29 is 9.21 Å². The van der Waals surface area contributed by atoms with Crippen LogP contribution in [0.25, 0.3) is 17.1 Å². The highest BCUT2D eigenvalue weighted by Gasteiger charge is 2.18. The first-order chi connectivity index (χ1) is 13.7. The Kier molecular flexibility index (Phi) is 4.79. The molecule has 0 aliphatic rings. The lowest BCUT2D eigenvalue weighted by Crippen LogP contribution is -2.19. The van der Waals surface area contributed by atoms with Gasteiger partial charge in [0.05, 0.1) is 11.9 Å². The van der Waals surface area contributed by atoms with E-state index in [0.29, 0.717) is 11.6 Å². The van der Waals surface area contributed by atoms with Crippen LogP contribution in [0, 0.1) is 6.92 Å². The van der Waals surface area contributed by atoms with E-state index in [0.717, 1.165) is 17.0 Å². The minimum atomic E-state index is -0.508. The van der Waals surface area contributed by atoms with E-state index < -0.39 is 5.91 Å². The highest BCUT2D eigenvalue weighted by Crippen LogP contribution is 2.20. The first-order valence-corrected chi connectivity index (χ1v) is 8.68. The number of aryl methyl sites for hydroxylation is 1. The summed E-state index contributed by atoms with van der Waals surface area (Å²) in [4.78, 5) is 16.9. The van der Waals surface area contributed by atoms with Crippen molar-refractivity contribution in [2.75, 3.05) is 0 Å². The molecule has 2 aromatic carbocycles. The van der Waals surface area contributed by atoms with Gasteiger partial charge in [0.25, 0.3) is 0 Å². The number of benzene rings is 2. The van der Waals surface area contributed by atoms with Crippen molar-refractivity contribution in [1.82, 2.24) is 20.2 Å². The number of rotatable bonds is 5. The normalized spacial score (nSPS) is 11.0. The molecule has 7 heteroatoms. The van der Waals surface area contributed by atoms with Crippen LogP contribution in [-0.4, -0.2) is 26.9 Å². The largest absolute Gasteiger partial charge is 0.460 e. The molecular weight excluding hydrogens is 354 g/mol. The number of nitrogens with one attached hydrogen (secondary N) is 1. The zero-order chi connectivity index (χ0) is 19.3. The number of aromatic nitrogens is 3. The van der Waals surface area contributed by atoms with Gasteiger partial charge in [-0.15, -0.1) is 5.10 Å². The average Bonchev–Trinajstić information content (AvgIpc) is 3.36. The summed E-state index contributed by atoms with van der Waals surface area (Å²) in [6.45, 7) is 1.83. The van der Waals surface area contributed by atoms with Crippen molar-refractivity contribution in [1.29, 1.82) is 0 Å². The molecule has 0 bridgehead atoms. The summed E-state index contributed by atoms with van der Waals surface area (Å²) < 4.78 is 7.02. The van der Waals surface area contributed by atoms with Gasteiger partial charge in [0.15, 0.2) is 5.82 Å². The molecule has 0 saturated heterocycles. The second-order valence-electron chi connectivity index (χ2n) is 6.02. The quantitative estimate of drug-likeness (QED) is 0.429. The maximum Gasteiger partial charge on any atom is 0.311 e. The van der Waals surface area contributed by atoms with E-state index >= 15 is 0 Å². The molecule has 0 unspecified atom stereocenters. The molecule has 2 aromatic heterocycles. The van der Waals surface area contributed by atoms with Crippen molar-refractivity contribution in [3.8, 4) is 17.1 Å². The number of nitrogens with zero attached hydrogens (tertiary/aromatic N) is 4. The van der Waals surface area contributed by atoms with Crippen molar-refractivity contribution in [2.45, 2.75) is 6.92 Å². The van der Waals surface area contributed by atoms with Crippen LogP contribution in [0.4, 0.5) is 0 Å². The SMILES string of the molecule is Cc1ccc(/C=N\NC(=O)c2nc(-c3ccccc3)n(-c3ccccc3)n2)o1. The fraction of sp³-hybridized carbons (Fsp3) is 0.0476. The molecule has 0 atom stereocenters. The van der Waals surface area contributed by atoms with E-state index in [1.54, 1.807) is 10.7 Å². The first kappa shape index (κ1) is 17.4. The molecule has 0 radical (unpaired) electrons.